The molecule has 2 aliphatic rings. The van der Waals surface area contributed by atoms with Crippen LogP contribution in [0.3, 0.4) is 0 Å². The number of H-pyrrole nitrogens is 2. The Morgan fingerprint density at radius 3 is 1.75 bits per heavy atom. The van der Waals surface area contributed by atoms with E-state index in [4.69, 9.17) is 19.9 Å². The molecule has 3 amide bonds. The van der Waals surface area contributed by atoms with Crippen LogP contribution >= 0.6 is 0 Å². The van der Waals surface area contributed by atoms with E-state index in [-0.39, 0.29) is 29.7 Å². The van der Waals surface area contributed by atoms with Crippen molar-refractivity contribution < 1.29 is 28.6 Å². The number of nitrogens with zero attached hydrogens (tertiary/aromatic N) is 2. The number of amides is 3. The first-order valence-corrected chi connectivity index (χ1v) is 19.3. The number of ether oxygens (including phenoxy) is 3. The first-order chi connectivity index (χ1) is 27.2. The summed E-state index contributed by atoms with van der Waals surface area (Å²) in [6.07, 6.45) is 5.83. The second kappa shape index (κ2) is 17.5. The minimum absolute atomic E-state index is 0.0553. The number of aromatic amines is 2. The van der Waals surface area contributed by atoms with Gasteiger partial charge in [-0.25, -0.2) is 14.8 Å². The van der Waals surface area contributed by atoms with E-state index < -0.39 is 24.2 Å². The number of carbonyl (C=O) groups excluding carboxylic acids is 3. The van der Waals surface area contributed by atoms with Crippen LogP contribution in [0.2, 0.25) is 0 Å². The molecule has 0 aliphatic carbocycles. The van der Waals surface area contributed by atoms with Gasteiger partial charge in [0.2, 0.25) is 11.8 Å². The molecule has 0 saturated carbocycles. The van der Waals surface area contributed by atoms with Crippen LogP contribution in [0.5, 0.6) is 0 Å². The summed E-state index contributed by atoms with van der Waals surface area (Å²) in [6, 6.07) is 18.9. The zero-order chi connectivity index (χ0) is 39.2. The Morgan fingerprint density at radius 1 is 0.679 bits per heavy atom. The monoisotopic (exact) mass is 762 g/mol. The number of rotatable bonds is 12. The Balaban J connectivity index is 0.974. The van der Waals surface area contributed by atoms with Gasteiger partial charge in [-0.3, -0.25) is 9.59 Å². The van der Waals surface area contributed by atoms with Crippen molar-refractivity contribution in [1.82, 2.24) is 35.9 Å². The van der Waals surface area contributed by atoms with E-state index in [1.165, 1.54) is 7.11 Å². The summed E-state index contributed by atoms with van der Waals surface area (Å²) in [5.74, 6) is 0.877. The molecule has 3 aromatic carbocycles. The summed E-state index contributed by atoms with van der Waals surface area (Å²) in [6.45, 7) is 6.12. The second-order valence-corrected chi connectivity index (χ2v) is 14.7. The molecule has 0 spiro atoms. The van der Waals surface area contributed by atoms with Crippen molar-refractivity contribution in [2.24, 2.45) is 17.6 Å². The zero-order valence-corrected chi connectivity index (χ0v) is 32.0. The Kier molecular flexibility index (Phi) is 12.1. The minimum atomic E-state index is -0.736. The van der Waals surface area contributed by atoms with Crippen molar-refractivity contribution in [3.05, 3.63) is 84.7 Å². The molecular weight excluding hydrogens is 713 g/mol. The third-order valence-electron chi connectivity index (χ3n) is 11.0. The summed E-state index contributed by atoms with van der Waals surface area (Å²) in [4.78, 5) is 54.0. The molecule has 14 nitrogen and oxygen atoms in total. The van der Waals surface area contributed by atoms with Crippen molar-refractivity contribution in [1.29, 1.82) is 0 Å². The van der Waals surface area contributed by atoms with E-state index in [2.05, 4.69) is 96.5 Å². The first kappa shape index (κ1) is 38.7. The number of carbonyl (C=O) groups is 3. The maximum atomic E-state index is 13.3. The van der Waals surface area contributed by atoms with E-state index in [1.54, 1.807) is 12.4 Å². The average Bonchev–Trinajstić information content (AvgIpc) is 3.95. The third kappa shape index (κ3) is 8.93. The van der Waals surface area contributed by atoms with Gasteiger partial charge in [-0.05, 0) is 91.0 Å². The van der Waals surface area contributed by atoms with Gasteiger partial charge in [-0.15, -0.1) is 0 Å². The highest BCUT2D eigenvalue weighted by molar-refractivity contribution is 5.91. The molecule has 2 saturated heterocycles. The topological polar surface area (TPSA) is 198 Å². The van der Waals surface area contributed by atoms with Crippen LogP contribution in [0.15, 0.2) is 73.1 Å². The maximum Gasteiger partial charge on any atom is 0.407 e. The number of hydrogen-bond donors (Lipinski definition) is 6. The van der Waals surface area contributed by atoms with E-state index in [0.29, 0.717) is 50.9 Å². The molecule has 294 valence electrons. The van der Waals surface area contributed by atoms with Gasteiger partial charge < -0.3 is 45.9 Å². The van der Waals surface area contributed by atoms with E-state index >= 15 is 0 Å². The summed E-state index contributed by atoms with van der Waals surface area (Å²) in [7, 11) is 1.28. The van der Waals surface area contributed by atoms with Gasteiger partial charge in [0.1, 0.15) is 17.7 Å². The fraction of sp³-hybridized carbons (Fsp3) is 0.405. The molecule has 14 heteroatoms. The van der Waals surface area contributed by atoms with E-state index in [9.17, 15) is 14.4 Å². The maximum absolute atomic E-state index is 13.3. The molecule has 56 heavy (non-hydrogen) atoms. The van der Waals surface area contributed by atoms with E-state index in [1.807, 2.05) is 13.8 Å². The lowest BCUT2D eigenvalue weighted by Crippen LogP contribution is -2.52. The molecule has 0 unspecified atom stereocenters. The molecule has 0 radical (unpaired) electrons. The Morgan fingerprint density at radius 2 is 1.16 bits per heavy atom. The van der Waals surface area contributed by atoms with Crippen LogP contribution in [0.1, 0.15) is 63.3 Å². The largest absolute Gasteiger partial charge is 0.453 e. The number of nitrogens with one attached hydrogen (secondary N) is 5. The Hall–Kier alpha value is -5.57. The molecule has 2 aliphatic heterocycles. The van der Waals surface area contributed by atoms with Crippen LogP contribution in [-0.2, 0) is 23.8 Å². The molecule has 2 fully saturated rings. The van der Waals surface area contributed by atoms with Crippen LogP contribution in [-0.4, -0.2) is 83.5 Å². The Bertz CT molecular complexity index is 2140. The molecule has 7 rings (SSSR count). The number of methoxy groups -OCH3 is 1. The van der Waals surface area contributed by atoms with Gasteiger partial charge in [0.05, 0.1) is 49.0 Å². The standard InChI is InChI=1S/C42H50N8O6/c1-24(46-40(51)36(43)28-12-16-55-17-13-28)38-44-22-34(48-38)27-6-4-26(5-7-27)30-8-9-32-21-33(11-10-31(32)20-30)35-23-45-39(49-35)25(2)47-41(52)37(50-42(53)54-3)29-14-18-56-19-15-29/h4-11,20-25,28-29,36-37H,12-19,43H2,1-3H3,(H,44,48)(H,45,49)(H,46,51)(H,47,52)(H,50,53)/t24-,25-,36-,37-/m0/s1. The molecule has 2 aromatic heterocycles. The van der Waals surface area contributed by atoms with Crippen molar-refractivity contribution in [2.45, 2.75) is 63.7 Å². The van der Waals surface area contributed by atoms with Gasteiger partial charge in [-0.1, -0.05) is 48.5 Å². The van der Waals surface area contributed by atoms with Crippen molar-refractivity contribution in [3.8, 4) is 33.6 Å². The predicted molar refractivity (Wildman–Crippen MR) is 212 cm³/mol. The van der Waals surface area contributed by atoms with Crippen LogP contribution in [0.4, 0.5) is 4.79 Å². The van der Waals surface area contributed by atoms with E-state index in [0.717, 1.165) is 57.3 Å². The number of benzene rings is 3. The lowest BCUT2D eigenvalue weighted by atomic mass is 9.91. The van der Waals surface area contributed by atoms with Gasteiger partial charge in [-0.2, -0.15) is 0 Å². The zero-order valence-electron chi connectivity index (χ0n) is 32.0. The van der Waals surface area contributed by atoms with Gasteiger partial charge in [0, 0.05) is 32.0 Å². The number of aromatic nitrogens is 4. The fourth-order valence-electron chi connectivity index (χ4n) is 7.51. The second-order valence-electron chi connectivity index (χ2n) is 14.7. The Labute approximate surface area is 325 Å². The summed E-state index contributed by atoms with van der Waals surface area (Å²) < 4.78 is 15.6. The SMILES string of the molecule is COC(=O)N[C@H](C(=O)N[C@@H](C)c1ncc(-c2ccc3cc(-c4ccc(-c5cnc([C@H](C)NC(=O)[C@@H](N)C6CCOCC6)[nH]5)cc4)ccc3c2)[nH]1)C1CCOCC1. The van der Waals surface area contributed by atoms with Crippen LogP contribution in [0.25, 0.3) is 44.4 Å². The van der Waals surface area contributed by atoms with Crippen molar-refractivity contribution in [3.63, 3.8) is 0 Å². The van der Waals surface area contributed by atoms with Gasteiger partial charge in [0.25, 0.3) is 0 Å². The summed E-state index contributed by atoms with van der Waals surface area (Å²) in [5.41, 5.74) is 12.1. The predicted octanol–water partition coefficient (Wildman–Crippen LogP) is 5.55. The number of nitrogens with two attached hydrogens (primary N) is 1. The average molecular weight is 763 g/mol. The van der Waals surface area contributed by atoms with Gasteiger partial charge >= 0.3 is 6.09 Å². The molecular formula is C42H50N8O6. The number of imidazole rings is 2. The first-order valence-electron chi connectivity index (χ1n) is 19.3. The summed E-state index contributed by atoms with van der Waals surface area (Å²) in [5, 5.41) is 10.9. The normalized spacial score (nSPS) is 17.4. The van der Waals surface area contributed by atoms with Gasteiger partial charge in [0.15, 0.2) is 0 Å². The smallest absolute Gasteiger partial charge is 0.407 e. The van der Waals surface area contributed by atoms with Crippen LogP contribution < -0.4 is 21.7 Å². The highest BCUT2D eigenvalue weighted by atomic mass is 16.5. The lowest BCUT2D eigenvalue weighted by molar-refractivity contribution is -0.126. The van der Waals surface area contributed by atoms with Crippen molar-refractivity contribution >= 4 is 28.7 Å². The third-order valence-corrected chi connectivity index (χ3v) is 11.0. The highest BCUT2D eigenvalue weighted by Gasteiger charge is 2.33. The van der Waals surface area contributed by atoms with Crippen LogP contribution in [0, 0.1) is 11.8 Å². The molecule has 4 heterocycles. The lowest BCUT2D eigenvalue weighted by Gasteiger charge is -2.30. The fourth-order valence-corrected chi connectivity index (χ4v) is 7.51. The summed E-state index contributed by atoms with van der Waals surface area (Å²) >= 11 is 0. The number of fused-ring (bicyclic) bond motifs is 1. The minimum Gasteiger partial charge on any atom is -0.453 e. The molecule has 5 aromatic rings. The molecule has 7 N–H and O–H groups in total. The van der Waals surface area contributed by atoms with Crippen molar-refractivity contribution in [2.75, 3.05) is 33.5 Å². The molecule has 0 bridgehead atoms. The highest BCUT2D eigenvalue weighted by Crippen LogP contribution is 2.30. The number of hydrogen-bond acceptors (Lipinski definition) is 9. The molecule has 4 atom stereocenters. The number of alkyl carbamates (subject to hydrolysis) is 1. The quantitative estimate of drug-likeness (QED) is 0.0944.